The van der Waals surface area contributed by atoms with E-state index in [-0.39, 0.29) is 35.9 Å². The molecule has 3 N–H and O–H groups in total. The molecule has 3 heterocycles. The van der Waals surface area contributed by atoms with Crippen LogP contribution < -0.4 is 10.0 Å². The molecular formula is C27H22F3N7O3S2. The quantitative estimate of drug-likeness (QED) is 0.210. The molecule has 0 unspecified atom stereocenters. The second-order valence-corrected chi connectivity index (χ2v) is 11.6. The third kappa shape index (κ3) is 5.79. The van der Waals surface area contributed by atoms with Crippen LogP contribution in [0.1, 0.15) is 11.3 Å². The highest BCUT2D eigenvalue weighted by Crippen LogP contribution is 2.41. The Morgan fingerprint density at radius 3 is 2.48 bits per heavy atom. The van der Waals surface area contributed by atoms with Crippen LogP contribution in [0.15, 0.2) is 59.6 Å². The third-order valence-electron chi connectivity index (χ3n) is 5.94. The number of nitrogens with zero attached hydrogens (tertiary/aromatic N) is 5. The number of thiazole rings is 1. The van der Waals surface area contributed by atoms with Gasteiger partial charge in [0.15, 0.2) is 10.7 Å². The van der Waals surface area contributed by atoms with Crippen LogP contribution in [0.4, 0.5) is 24.8 Å². The number of anilines is 2. The summed E-state index contributed by atoms with van der Waals surface area (Å²) in [6.45, 7) is 3.10. The molecule has 0 atom stereocenters. The van der Waals surface area contributed by atoms with Crippen molar-refractivity contribution in [1.82, 2.24) is 25.1 Å². The smallest absolute Gasteiger partial charge is 0.267 e. The molecule has 216 valence electrons. The zero-order valence-corrected chi connectivity index (χ0v) is 23.7. The third-order valence-corrected chi connectivity index (χ3v) is 8.44. The van der Waals surface area contributed by atoms with Crippen molar-refractivity contribution in [3.63, 3.8) is 0 Å². The number of halogens is 3. The lowest BCUT2D eigenvalue weighted by Gasteiger charge is -2.13. The average Bonchev–Trinajstić information content (AvgIpc) is 3.41. The van der Waals surface area contributed by atoms with E-state index >= 15 is 4.39 Å². The molecule has 0 aliphatic rings. The number of aliphatic hydroxyl groups is 1. The predicted molar refractivity (Wildman–Crippen MR) is 152 cm³/mol. The fraction of sp³-hybridized carbons (Fsp3) is 0.148. The van der Waals surface area contributed by atoms with Gasteiger partial charge in [0.05, 0.1) is 34.3 Å². The molecule has 10 nitrogen and oxygen atoms in total. The summed E-state index contributed by atoms with van der Waals surface area (Å²) >= 11 is 1.14. The number of hydrogen-bond donors (Lipinski definition) is 3. The van der Waals surface area contributed by atoms with Gasteiger partial charge in [-0.2, -0.15) is 5.10 Å². The fourth-order valence-corrected chi connectivity index (χ4v) is 6.19. The SMILES string of the molecule is Cc1ccc(-c2nc(-c3cccc(NS(=O)(=O)c4c(F)ccc(C)c4F)c3F)c(-c3ccnc(NCCO)n3)s2)nn1. The van der Waals surface area contributed by atoms with Gasteiger partial charge in [-0.15, -0.1) is 16.4 Å². The van der Waals surface area contributed by atoms with Crippen LogP contribution in [0.3, 0.4) is 0 Å². The largest absolute Gasteiger partial charge is 0.395 e. The van der Waals surface area contributed by atoms with E-state index in [0.29, 0.717) is 27.0 Å². The van der Waals surface area contributed by atoms with Crippen LogP contribution in [0.2, 0.25) is 0 Å². The first-order chi connectivity index (χ1) is 20.1. The van der Waals surface area contributed by atoms with Crippen molar-refractivity contribution in [2.45, 2.75) is 18.7 Å². The Bertz CT molecular complexity index is 1890. The molecule has 0 radical (unpaired) electrons. The molecule has 5 rings (SSSR count). The van der Waals surface area contributed by atoms with Gasteiger partial charge in [0.1, 0.15) is 22.3 Å². The molecule has 42 heavy (non-hydrogen) atoms. The van der Waals surface area contributed by atoms with Gasteiger partial charge >= 0.3 is 0 Å². The van der Waals surface area contributed by atoms with Crippen molar-refractivity contribution >= 4 is 33.0 Å². The van der Waals surface area contributed by atoms with Crippen molar-refractivity contribution in [2.75, 3.05) is 23.2 Å². The van der Waals surface area contributed by atoms with Crippen LogP contribution in [0.5, 0.6) is 0 Å². The number of aliphatic hydroxyl groups excluding tert-OH is 1. The maximum absolute atomic E-state index is 16.0. The molecule has 0 aliphatic carbocycles. The summed E-state index contributed by atoms with van der Waals surface area (Å²) in [6, 6.07) is 10.8. The van der Waals surface area contributed by atoms with E-state index in [0.717, 1.165) is 29.5 Å². The summed E-state index contributed by atoms with van der Waals surface area (Å²) in [4.78, 5) is 12.4. The van der Waals surface area contributed by atoms with Crippen LogP contribution in [0.25, 0.3) is 32.5 Å². The Morgan fingerprint density at radius 2 is 1.74 bits per heavy atom. The molecule has 0 bridgehead atoms. The first-order valence-electron chi connectivity index (χ1n) is 12.3. The lowest BCUT2D eigenvalue weighted by atomic mass is 10.1. The van der Waals surface area contributed by atoms with E-state index in [2.05, 4.69) is 30.5 Å². The average molecular weight is 614 g/mol. The Morgan fingerprint density at radius 1 is 0.929 bits per heavy atom. The molecule has 0 fully saturated rings. The highest BCUT2D eigenvalue weighted by atomic mass is 32.2. The standard InChI is InChI=1S/C27H22F3N7O3S2/c1-14-6-8-17(28)25(21(14)29)42(39,40)37-18-5-3-4-16(22(18)30)23-24(19-10-11-31-27(33-19)32-12-13-38)41-26(34-23)20-9-7-15(2)35-36-20/h3-11,37-38H,12-13H2,1-2H3,(H,31,32,33). The Balaban J connectivity index is 1.63. The first-order valence-corrected chi connectivity index (χ1v) is 14.6. The van der Waals surface area contributed by atoms with Crippen LogP contribution >= 0.6 is 11.3 Å². The number of rotatable bonds is 9. The summed E-state index contributed by atoms with van der Waals surface area (Å²) < 4.78 is 73.1. The predicted octanol–water partition coefficient (Wildman–Crippen LogP) is 4.96. The number of aryl methyl sites for hydroxylation is 2. The molecule has 0 aliphatic heterocycles. The van der Waals surface area contributed by atoms with Gasteiger partial charge in [0, 0.05) is 18.3 Å². The Kier molecular flexibility index (Phi) is 8.15. The second kappa shape index (κ2) is 11.8. The fourth-order valence-electron chi connectivity index (χ4n) is 3.90. The van der Waals surface area contributed by atoms with Crippen LogP contribution in [0, 0.1) is 31.3 Å². The minimum absolute atomic E-state index is 0.0949. The molecule has 0 saturated heterocycles. The monoisotopic (exact) mass is 613 g/mol. The van der Waals surface area contributed by atoms with Crippen molar-refractivity contribution in [3.05, 3.63) is 83.4 Å². The summed E-state index contributed by atoms with van der Waals surface area (Å²) in [5.41, 5.74) is 0.807. The number of nitrogens with one attached hydrogen (secondary N) is 2. The summed E-state index contributed by atoms with van der Waals surface area (Å²) in [7, 11) is -4.86. The molecule has 0 amide bonds. The van der Waals surface area contributed by atoms with Crippen molar-refractivity contribution in [2.24, 2.45) is 0 Å². The molecule has 0 saturated carbocycles. The minimum Gasteiger partial charge on any atom is -0.395 e. The van der Waals surface area contributed by atoms with E-state index in [1.807, 2.05) is 4.72 Å². The van der Waals surface area contributed by atoms with Crippen LogP contribution in [-0.4, -0.2) is 51.8 Å². The number of benzene rings is 2. The van der Waals surface area contributed by atoms with E-state index in [9.17, 15) is 17.2 Å². The molecule has 2 aromatic carbocycles. The van der Waals surface area contributed by atoms with Crippen LogP contribution in [-0.2, 0) is 10.0 Å². The molecular weight excluding hydrogens is 591 g/mol. The number of hydrogen-bond acceptors (Lipinski definition) is 10. The maximum Gasteiger partial charge on any atom is 0.267 e. The highest BCUT2D eigenvalue weighted by molar-refractivity contribution is 7.92. The summed E-state index contributed by atoms with van der Waals surface area (Å²) in [5.74, 6) is -3.42. The molecule has 15 heteroatoms. The van der Waals surface area contributed by atoms with E-state index in [4.69, 9.17) is 5.11 Å². The molecule has 3 aromatic heterocycles. The zero-order chi connectivity index (χ0) is 30.0. The van der Waals surface area contributed by atoms with Crippen molar-refractivity contribution < 1.29 is 26.7 Å². The maximum atomic E-state index is 16.0. The Labute approximate surface area is 242 Å². The van der Waals surface area contributed by atoms with E-state index in [1.54, 1.807) is 25.1 Å². The van der Waals surface area contributed by atoms with Gasteiger partial charge < -0.3 is 10.4 Å². The van der Waals surface area contributed by atoms with Gasteiger partial charge in [-0.05, 0) is 55.8 Å². The normalized spacial score (nSPS) is 11.5. The van der Waals surface area contributed by atoms with Crippen molar-refractivity contribution in [3.8, 4) is 32.5 Å². The lowest BCUT2D eigenvalue weighted by Crippen LogP contribution is -2.18. The minimum atomic E-state index is -4.86. The van der Waals surface area contributed by atoms with Crippen molar-refractivity contribution in [1.29, 1.82) is 0 Å². The zero-order valence-electron chi connectivity index (χ0n) is 22.1. The van der Waals surface area contributed by atoms with E-state index < -0.39 is 38.1 Å². The summed E-state index contributed by atoms with van der Waals surface area (Å²) in [6.07, 6.45) is 1.47. The molecule has 0 spiro atoms. The van der Waals surface area contributed by atoms with Gasteiger partial charge in [-0.25, -0.2) is 36.5 Å². The van der Waals surface area contributed by atoms with Gasteiger partial charge in [0.2, 0.25) is 5.95 Å². The Hall–Kier alpha value is -4.47. The second-order valence-electron chi connectivity index (χ2n) is 8.95. The summed E-state index contributed by atoms with van der Waals surface area (Å²) in [5, 5.41) is 20.6. The molecule has 5 aromatic rings. The highest BCUT2D eigenvalue weighted by Gasteiger charge is 2.28. The van der Waals surface area contributed by atoms with Gasteiger partial charge in [0.25, 0.3) is 10.0 Å². The van der Waals surface area contributed by atoms with Gasteiger partial charge in [-0.1, -0.05) is 12.1 Å². The van der Waals surface area contributed by atoms with E-state index in [1.165, 1.54) is 25.3 Å². The first kappa shape index (κ1) is 29.0. The van der Waals surface area contributed by atoms with Gasteiger partial charge in [-0.3, -0.25) is 4.72 Å². The lowest BCUT2D eigenvalue weighted by molar-refractivity contribution is 0.311. The topological polar surface area (TPSA) is 143 Å². The number of sulfonamides is 1. The number of aromatic nitrogens is 5.